The van der Waals surface area contributed by atoms with Crippen LogP contribution in [-0.4, -0.2) is 164 Å². The molecule has 5 heterocycles. The predicted octanol–water partition coefficient (Wildman–Crippen LogP) is 5.23. The molecule has 490 valence electrons. The molecule has 25 heteroatoms. The highest BCUT2D eigenvalue weighted by molar-refractivity contribution is 7.81. The normalized spacial score (nSPS) is 36.2. The van der Waals surface area contributed by atoms with Gasteiger partial charge in [-0.1, -0.05) is 152 Å². The number of ether oxygens (including phenoxy) is 9. The van der Waals surface area contributed by atoms with Gasteiger partial charge in [-0.3, -0.25) is 8.37 Å². The number of benzene rings is 5. The molecular formula is C65H78O23S2-2. The zero-order valence-electron chi connectivity index (χ0n) is 49.1. The van der Waals surface area contributed by atoms with Gasteiger partial charge in [-0.2, -0.15) is 0 Å². The second-order valence-electron chi connectivity index (χ2n) is 24.3. The SMILES string of the molecule is O=S(=O)([O-])O[C@@H](CO)[C@H](O)CC1[C@@H](CO)[C@@H](O)[C@H](O)[C@@H]1CO.O=S(=O)([O-])O[C@H]1CCC(c2ccccc2)O[C@@H]1CC1[C@H]2CO[C@@H](c3ccccc3)O[C@H]2[C@@H]2O[C@H](c3ccccc3)OC[C@H]12.c1ccc([C@@H]2OC[C@@H]3C[C@H]4CO[C@@H](c5ccccc5)O[C@H]4[C@@H]3O2)cc1. The molecule has 1 unspecified atom stereocenters. The van der Waals surface area contributed by atoms with Gasteiger partial charge in [0.1, 0.15) is 12.2 Å². The van der Waals surface area contributed by atoms with Crippen LogP contribution in [-0.2, 0) is 71.8 Å². The highest BCUT2D eigenvalue weighted by Gasteiger charge is 2.59. The summed E-state index contributed by atoms with van der Waals surface area (Å²) >= 11 is 0. The third-order valence-corrected chi connectivity index (χ3v) is 19.8. The van der Waals surface area contributed by atoms with E-state index in [4.69, 9.17) is 51.9 Å². The zero-order chi connectivity index (χ0) is 63.1. The average Bonchev–Trinajstić information content (AvgIpc) is 1.67. The molecule has 90 heavy (non-hydrogen) atoms. The Hall–Kier alpha value is -4.76. The van der Waals surface area contributed by atoms with E-state index in [1.807, 2.05) is 127 Å². The molecule has 21 atom stereocenters. The number of hydrogen-bond donors (Lipinski definition) is 6. The first kappa shape index (κ1) is 66.7. The number of aliphatic hydroxyl groups excluding tert-OH is 6. The molecular weight excluding hydrogens is 1210 g/mol. The van der Waals surface area contributed by atoms with Crippen molar-refractivity contribution in [3.05, 3.63) is 179 Å². The molecule has 5 aromatic carbocycles. The van der Waals surface area contributed by atoms with Crippen LogP contribution >= 0.6 is 0 Å². The van der Waals surface area contributed by atoms with Gasteiger partial charge in [0, 0.05) is 71.0 Å². The van der Waals surface area contributed by atoms with E-state index in [0.29, 0.717) is 44.3 Å². The van der Waals surface area contributed by atoms with Crippen molar-refractivity contribution in [1.29, 1.82) is 0 Å². The molecule has 8 fully saturated rings. The van der Waals surface area contributed by atoms with Crippen LogP contribution in [0.1, 0.15) is 91.2 Å². The maximum Gasteiger partial charge on any atom is 0.218 e. The molecule has 0 spiro atoms. The smallest absolute Gasteiger partial charge is 0.218 e. The Kier molecular flexibility index (Phi) is 22.3. The van der Waals surface area contributed by atoms with E-state index in [0.717, 1.165) is 47.5 Å². The zero-order valence-corrected chi connectivity index (χ0v) is 50.8. The fraction of sp³-hybridized carbons (Fsp3) is 0.538. The number of hydrogen-bond acceptors (Lipinski definition) is 23. The number of fused-ring (bicyclic) bond motifs is 6. The average molecular weight is 1290 g/mol. The van der Waals surface area contributed by atoms with Gasteiger partial charge >= 0.3 is 0 Å². The quantitative estimate of drug-likeness (QED) is 0.0513. The molecule has 3 saturated carbocycles. The monoisotopic (exact) mass is 1290 g/mol. The van der Waals surface area contributed by atoms with Gasteiger partial charge in [-0.25, -0.2) is 16.8 Å². The molecule has 0 radical (unpaired) electrons. The Labute approximate surface area is 523 Å². The summed E-state index contributed by atoms with van der Waals surface area (Å²) in [6.07, 6.45) is -7.71. The van der Waals surface area contributed by atoms with Gasteiger partial charge < -0.3 is 82.4 Å². The molecule has 6 N–H and O–H groups in total. The van der Waals surface area contributed by atoms with Gasteiger partial charge in [-0.05, 0) is 49.5 Å². The first-order valence-corrected chi connectivity index (χ1v) is 33.3. The molecule has 0 bridgehead atoms. The summed E-state index contributed by atoms with van der Waals surface area (Å²) < 4.78 is 133. The third kappa shape index (κ3) is 15.9. The van der Waals surface area contributed by atoms with Crippen LogP contribution in [0.4, 0.5) is 0 Å². The van der Waals surface area contributed by atoms with Gasteiger partial charge in [-0.15, -0.1) is 0 Å². The maximum absolute atomic E-state index is 11.7. The van der Waals surface area contributed by atoms with Crippen molar-refractivity contribution < 1.29 is 108 Å². The first-order valence-electron chi connectivity index (χ1n) is 30.6. The molecule has 5 aromatic rings. The van der Waals surface area contributed by atoms with E-state index in [-0.39, 0.29) is 67.3 Å². The highest BCUT2D eigenvalue weighted by atomic mass is 32.3. The molecule has 0 amide bonds. The van der Waals surface area contributed by atoms with Crippen molar-refractivity contribution in [2.24, 2.45) is 47.3 Å². The molecule has 0 aromatic heterocycles. The lowest BCUT2D eigenvalue weighted by molar-refractivity contribution is -0.292. The minimum atomic E-state index is -5.14. The van der Waals surface area contributed by atoms with E-state index < -0.39 is 108 Å². The number of aliphatic hydroxyl groups is 6. The predicted molar refractivity (Wildman–Crippen MR) is 314 cm³/mol. The second kappa shape index (κ2) is 30.1. The summed E-state index contributed by atoms with van der Waals surface area (Å²) in [5.74, 6) is -1.88. The third-order valence-electron chi connectivity index (χ3n) is 18.8. The Balaban J connectivity index is 0.000000151. The first-order chi connectivity index (χ1) is 43.5. The van der Waals surface area contributed by atoms with Crippen LogP contribution in [0.3, 0.4) is 0 Å². The minimum absolute atomic E-state index is 0.0524. The fourth-order valence-electron chi connectivity index (χ4n) is 14.5. The van der Waals surface area contributed by atoms with Crippen molar-refractivity contribution in [3.63, 3.8) is 0 Å². The van der Waals surface area contributed by atoms with E-state index in [1.54, 1.807) is 0 Å². The summed E-state index contributed by atoms with van der Waals surface area (Å²) in [7, 11) is -10.1. The summed E-state index contributed by atoms with van der Waals surface area (Å²) in [5, 5.41) is 57.0. The van der Waals surface area contributed by atoms with E-state index in [2.05, 4.69) is 28.4 Å². The van der Waals surface area contributed by atoms with E-state index in [1.165, 1.54) is 0 Å². The van der Waals surface area contributed by atoms with E-state index in [9.17, 15) is 51.5 Å². The topological polar surface area (TPSA) is 337 Å². The summed E-state index contributed by atoms with van der Waals surface area (Å²) in [6, 6.07) is 49.8. The Bertz CT molecular complexity index is 3100. The van der Waals surface area contributed by atoms with Crippen LogP contribution < -0.4 is 0 Å². The lowest BCUT2D eigenvalue weighted by Crippen LogP contribution is -2.43. The van der Waals surface area contributed by atoms with Gasteiger partial charge in [0.05, 0.1) is 88.0 Å². The molecule has 3 aliphatic carbocycles. The van der Waals surface area contributed by atoms with Crippen molar-refractivity contribution in [2.45, 2.75) is 124 Å². The molecule has 13 rings (SSSR count). The Morgan fingerprint density at radius 1 is 0.478 bits per heavy atom. The lowest BCUT2D eigenvalue weighted by Gasteiger charge is -2.40. The molecule has 5 aliphatic heterocycles. The van der Waals surface area contributed by atoms with Gasteiger partial charge in [0.2, 0.25) is 20.8 Å². The maximum atomic E-state index is 11.7. The van der Waals surface area contributed by atoms with Crippen molar-refractivity contribution in [1.82, 2.24) is 0 Å². The van der Waals surface area contributed by atoms with Crippen molar-refractivity contribution >= 4 is 20.8 Å². The van der Waals surface area contributed by atoms with Crippen LogP contribution in [0.2, 0.25) is 0 Å². The minimum Gasteiger partial charge on any atom is -0.726 e. The molecule has 23 nitrogen and oxygen atoms in total. The van der Waals surface area contributed by atoms with Gasteiger partial charge in [0.15, 0.2) is 25.2 Å². The summed E-state index contributed by atoms with van der Waals surface area (Å²) in [6.45, 7) is 0.289. The van der Waals surface area contributed by atoms with E-state index >= 15 is 0 Å². The Morgan fingerprint density at radius 3 is 1.24 bits per heavy atom. The highest BCUT2D eigenvalue weighted by Crippen LogP contribution is 2.53. The van der Waals surface area contributed by atoms with Crippen LogP contribution in [0.5, 0.6) is 0 Å². The molecule has 8 aliphatic rings. The standard InChI is InChI=1S/C33H36O9S.C21H22O4.C11H22O10S/c34-43(35,36)42-28-17-16-27(21-10-4-1-5-11-21)39-29(28)18-24-25-19-37-32(22-12-6-2-7-13-22)40-30(25)31-26(24)20-38-33(41-31)23-14-8-3-9-15-23;1-3-7-14(8-4-1)20-22-12-16-11-17-13-23-21(15-9-5-2-6-10-15)25-19(17)18(16)24-20;12-2-6-5(7(3-13)11(17)10(6)16)1-8(15)9(4-14)21-22(18,19)20/h1-15,24-33H,16-20H2,(H,34,35,36);1-10,16-21H,11-13H2;5-17H,1-4H2,(H,18,19,20)/p-2/t25-,26-,27?,28+,29-,30-,31-,32-,33-;16-,17-,18+,19+,20+,21+;6-,7-,8-,9+,10-,11-/m101/s1. The van der Waals surface area contributed by atoms with Crippen molar-refractivity contribution in [3.8, 4) is 0 Å². The van der Waals surface area contributed by atoms with Crippen molar-refractivity contribution in [2.75, 3.05) is 46.2 Å². The van der Waals surface area contributed by atoms with Crippen LogP contribution in [0.25, 0.3) is 0 Å². The largest absolute Gasteiger partial charge is 0.726 e. The Morgan fingerprint density at radius 2 is 0.867 bits per heavy atom. The molecule has 5 saturated heterocycles. The summed E-state index contributed by atoms with van der Waals surface area (Å²) in [4.78, 5) is 0. The van der Waals surface area contributed by atoms with Gasteiger partial charge in [0.25, 0.3) is 0 Å². The van der Waals surface area contributed by atoms with Crippen LogP contribution in [0, 0.1) is 47.3 Å². The van der Waals surface area contributed by atoms with Crippen LogP contribution in [0.15, 0.2) is 152 Å². The lowest BCUT2D eigenvalue weighted by atomic mass is 9.81. The fourth-order valence-corrected chi connectivity index (χ4v) is 15.5. The second-order valence-corrected chi connectivity index (χ2v) is 26.3. The number of rotatable bonds is 17. The summed E-state index contributed by atoms with van der Waals surface area (Å²) in [5.41, 5.74) is 5.00.